The fourth-order valence-electron chi connectivity index (χ4n) is 3.23. The van der Waals surface area contributed by atoms with Crippen molar-refractivity contribution in [3.05, 3.63) is 65.1 Å². The number of hydrogen-bond acceptors (Lipinski definition) is 5. The molecule has 2 aromatic heterocycles. The lowest BCUT2D eigenvalue weighted by Crippen LogP contribution is -2.16. The largest absolute Gasteiger partial charge is 0.486 e. The van der Waals surface area contributed by atoms with Crippen LogP contribution in [0.1, 0.15) is 0 Å². The molecule has 0 amide bonds. The van der Waals surface area contributed by atoms with Crippen LogP contribution >= 0.6 is 0 Å². The Morgan fingerprint density at radius 3 is 2.68 bits per heavy atom. The topological polar surface area (TPSA) is 61.6 Å². The number of pyridine rings is 1. The van der Waals surface area contributed by atoms with Crippen molar-refractivity contribution >= 4 is 21.7 Å². The second kappa shape index (κ2) is 5.34. The number of hydrogen-bond donors (Lipinski definition) is 0. The van der Waals surface area contributed by atoms with Gasteiger partial charge in [0.15, 0.2) is 11.5 Å². The van der Waals surface area contributed by atoms with Crippen LogP contribution in [0, 0.1) is 0 Å². The van der Waals surface area contributed by atoms with Gasteiger partial charge < -0.3 is 13.9 Å². The van der Waals surface area contributed by atoms with E-state index in [4.69, 9.17) is 13.9 Å². The lowest BCUT2D eigenvalue weighted by Gasteiger charge is -2.20. The van der Waals surface area contributed by atoms with Gasteiger partial charge in [0, 0.05) is 11.6 Å². The first-order valence-corrected chi connectivity index (χ1v) is 8.01. The molecule has 0 saturated carbocycles. The van der Waals surface area contributed by atoms with Crippen LogP contribution in [-0.2, 0) is 0 Å². The number of rotatable bonds is 1. The summed E-state index contributed by atoms with van der Waals surface area (Å²) in [4.78, 5) is 17.5. The molecule has 2 aromatic carbocycles. The third-order valence-corrected chi connectivity index (χ3v) is 4.37. The van der Waals surface area contributed by atoms with E-state index in [9.17, 15) is 4.79 Å². The highest BCUT2D eigenvalue weighted by molar-refractivity contribution is 6.10. The molecule has 5 nitrogen and oxygen atoms in total. The number of nitrogens with zero attached hydrogens (tertiary/aromatic N) is 1. The molecule has 0 bridgehead atoms. The maximum atomic E-state index is 13.2. The first-order valence-electron chi connectivity index (χ1n) is 8.01. The molecule has 1 aliphatic rings. The van der Waals surface area contributed by atoms with Crippen LogP contribution in [0.25, 0.3) is 33.0 Å². The van der Waals surface area contributed by atoms with Crippen molar-refractivity contribution < 1.29 is 13.9 Å². The summed E-state index contributed by atoms with van der Waals surface area (Å²) in [6.45, 7) is 0.949. The number of benzene rings is 2. The van der Waals surface area contributed by atoms with Crippen molar-refractivity contribution in [1.82, 2.24) is 4.98 Å². The predicted octanol–water partition coefficient (Wildman–Crippen LogP) is 3.78. The van der Waals surface area contributed by atoms with E-state index < -0.39 is 0 Å². The Labute approximate surface area is 142 Å². The smallest absolute Gasteiger partial charge is 0.202 e. The predicted molar refractivity (Wildman–Crippen MR) is 94.2 cm³/mol. The summed E-state index contributed by atoms with van der Waals surface area (Å²) < 4.78 is 17.2. The zero-order chi connectivity index (χ0) is 16.8. The first-order chi connectivity index (χ1) is 12.3. The molecule has 25 heavy (non-hydrogen) atoms. The van der Waals surface area contributed by atoms with Gasteiger partial charge in [-0.3, -0.25) is 9.78 Å². The molecule has 1 aliphatic heterocycles. The summed E-state index contributed by atoms with van der Waals surface area (Å²) in [7, 11) is 0. The average molecular weight is 331 g/mol. The molecule has 5 heteroatoms. The van der Waals surface area contributed by atoms with Gasteiger partial charge in [-0.15, -0.1) is 0 Å². The molecule has 0 unspecified atom stereocenters. The van der Waals surface area contributed by atoms with Gasteiger partial charge in [0.2, 0.25) is 5.43 Å². The minimum absolute atomic E-state index is 0.131. The van der Waals surface area contributed by atoms with E-state index in [0.29, 0.717) is 46.9 Å². The number of ether oxygens (including phenoxy) is 2. The second-order valence-electron chi connectivity index (χ2n) is 5.82. The summed E-state index contributed by atoms with van der Waals surface area (Å²) in [5.74, 6) is 1.24. The Hall–Kier alpha value is -3.34. The van der Waals surface area contributed by atoms with Gasteiger partial charge >= 0.3 is 0 Å². The monoisotopic (exact) mass is 331 g/mol. The van der Waals surface area contributed by atoms with E-state index in [2.05, 4.69) is 4.98 Å². The molecule has 0 radical (unpaired) electrons. The zero-order valence-electron chi connectivity index (χ0n) is 13.2. The Kier molecular flexibility index (Phi) is 3.00. The Bertz CT molecular complexity index is 1170. The first kappa shape index (κ1) is 14.0. The number of fused-ring (bicyclic) bond motifs is 5. The Balaban J connectivity index is 1.93. The Morgan fingerprint density at radius 1 is 0.920 bits per heavy atom. The standard InChI is InChI=1S/C20H13NO4/c22-19-13(14-3-1-2-8-21-14)11-25-15-6-4-12-5-7-16-20(17(12)18(15)19)24-10-9-23-16/h1-8,11H,9-10H2. The van der Waals surface area contributed by atoms with Crippen LogP contribution in [-0.4, -0.2) is 18.2 Å². The molecular weight excluding hydrogens is 318 g/mol. The fraction of sp³-hybridized carbons (Fsp3) is 0.100. The van der Waals surface area contributed by atoms with Crippen LogP contribution in [0.4, 0.5) is 0 Å². The average Bonchev–Trinajstić information content (AvgIpc) is 2.68. The van der Waals surface area contributed by atoms with E-state index >= 15 is 0 Å². The summed E-state index contributed by atoms with van der Waals surface area (Å²) in [5, 5.41) is 2.12. The fourth-order valence-corrected chi connectivity index (χ4v) is 3.23. The molecule has 0 atom stereocenters. The van der Waals surface area contributed by atoms with Crippen LogP contribution in [0.2, 0.25) is 0 Å². The quantitative estimate of drug-likeness (QED) is 0.497. The molecular formula is C20H13NO4. The molecule has 0 fully saturated rings. The van der Waals surface area contributed by atoms with Crippen LogP contribution in [0.5, 0.6) is 11.5 Å². The maximum absolute atomic E-state index is 13.2. The minimum Gasteiger partial charge on any atom is -0.486 e. The summed E-state index contributed by atoms with van der Waals surface area (Å²) >= 11 is 0. The lowest BCUT2D eigenvalue weighted by atomic mass is 10.0. The van der Waals surface area contributed by atoms with Gasteiger partial charge in [-0.2, -0.15) is 0 Å². The molecule has 0 aliphatic carbocycles. The number of aromatic nitrogens is 1. The highest BCUT2D eigenvalue weighted by atomic mass is 16.6. The van der Waals surface area contributed by atoms with Gasteiger partial charge in [0.25, 0.3) is 0 Å². The summed E-state index contributed by atoms with van der Waals surface area (Å²) in [6.07, 6.45) is 3.12. The van der Waals surface area contributed by atoms with E-state index in [1.54, 1.807) is 18.3 Å². The van der Waals surface area contributed by atoms with Crippen molar-refractivity contribution in [1.29, 1.82) is 0 Å². The van der Waals surface area contributed by atoms with E-state index in [-0.39, 0.29) is 5.43 Å². The molecule has 3 heterocycles. The van der Waals surface area contributed by atoms with Gasteiger partial charge in [0.05, 0.1) is 16.6 Å². The molecule has 4 aromatic rings. The van der Waals surface area contributed by atoms with Crippen LogP contribution < -0.4 is 14.9 Å². The maximum Gasteiger partial charge on any atom is 0.202 e. The van der Waals surface area contributed by atoms with Crippen molar-refractivity contribution in [2.75, 3.05) is 13.2 Å². The van der Waals surface area contributed by atoms with Gasteiger partial charge in [-0.1, -0.05) is 18.2 Å². The summed E-state index contributed by atoms with van der Waals surface area (Å²) in [5.41, 5.74) is 1.39. The van der Waals surface area contributed by atoms with Gasteiger partial charge in [-0.25, -0.2) is 0 Å². The van der Waals surface area contributed by atoms with Crippen molar-refractivity contribution in [3.63, 3.8) is 0 Å². The zero-order valence-corrected chi connectivity index (χ0v) is 13.2. The Morgan fingerprint density at radius 2 is 1.80 bits per heavy atom. The van der Waals surface area contributed by atoms with E-state index in [1.807, 2.05) is 30.3 Å². The highest BCUT2D eigenvalue weighted by Crippen LogP contribution is 2.40. The van der Waals surface area contributed by atoms with Gasteiger partial charge in [0.1, 0.15) is 25.1 Å². The van der Waals surface area contributed by atoms with Crippen molar-refractivity contribution in [3.8, 4) is 22.8 Å². The SMILES string of the molecule is O=c1c(-c2ccccn2)coc2ccc3ccc4c(c3c12)OCCO4. The van der Waals surface area contributed by atoms with E-state index in [1.165, 1.54) is 6.26 Å². The third kappa shape index (κ3) is 2.09. The summed E-state index contributed by atoms with van der Waals surface area (Å²) in [6, 6.07) is 13.0. The lowest BCUT2D eigenvalue weighted by molar-refractivity contribution is 0.174. The second-order valence-corrected chi connectivity index (χ2v) is 5.82. The van der Waals surface area contributed by atoms with Crippen molar-refractivity contribution in [2.45, 2.75) is 0 Å². The molecule has 5 rings (SSSR count). The highest BCUT2D eigenvalue weighted by Gasteiger charge is 2.20. The molecule has 0 N–H and O–H groups in total. The normalized spacial score (nSPS) is 13.3. The van der Waals surface area contributed by atoms with Crippen molar-refractivity contribution in [2.24, 2.45) is 0 Å². The third-order valence-electron chi connectivity index (χ3n) is 4.37. The molecule has 0 saturated heterocycles. The van der Waals surface area contributed by atoms with Gasteiger partial charge in [-0.05, 0) is 29.7 Å². The van der Waals surface area contributed by atoms with Crippen LogP contribution in [0.3, 0.4) is 0 Å². The minimum atomic E-state index is -0.131. The molecule has 122 valence electrons. The van der Waals surface area contributed by atoms with Crippen LogP contribution in [0.15, 0.2) is 64.1 Å². The van der Waals surface area contributed by atoms with E-state index in [0.717, 1.165) is 10.8 Å². The molecule has 0 spiro atoms.